The van der Waals surface area contributed by atoms with Gasteiger partial charge in [0.05, 0.1) is 16.8 Å². The molecule has 0 atom stereocenters. The maximum atomic E-state index is 11.3. The van der Waals surface area contributed by atoms with Crippen LogP contribution in [0.15, 0.2) is 23.7 Å². The second-order valence-corrected chi connectivity index (χ2v) is 7.11. The van der Waals surface area contributed by atoms with Crippen molar-refractivity contribution in [2.24, 2.45) is 0 Å². The van der Waals surface area contributed by atoms with E-state index in [-0.39, 0.29) is 23.8 Å². The Bertz CT molecular complexity index is 734. The van der Waals surface area contributed by atoms with Crippen LogP contribution in [0.25, 0.3) is 6.08 Å². The van der Waals surface area contributed by atoms with Crippen molar-refractivity contribution in [1.82, 2.24) is 5.32 Å². The van der Waals surface area contributed by atoms with Gasteiger partial charge in [-0.3, -0.25) is 4.79 Å². The predicted molar refractivity (Wildman–Crippen MR) is 95.6 cm³/mol. The van der Waals surface area contributed by atoms with E-state index >= 15 is 0 Å². The number of nitriles is 1. The summed E-state index contributed by atoms with van der Waals surface area (Å²) < 4.78 is 12.1. The number of phenolic OH excluding ortho intramolecular Hbond substituents is 1. The standard InChI is InChI=1S/C18H23BN2O4/c1-12(22)21-11-15(19-24-17(2,3)18(4,5)25-19)9-13-6-7-16(23)14(8-13)10-20/h6-9,23H,11H2,1-5H3,(H,21,22). The molecule has 6 nitrogen and oxygen atoms in total. The molecule has 7 heteroatoms. The van der Waals surface area contributed by atoms with Gasteiger partial charge in [0.25, 0.3) is 0 Å². The number of nitrogens with one attached hydrogen (secondary N) is 1. The lowest BCUT2D eigenvalue weighted by atomic mass is 9.77. The monoisotopic (exact) mass is 342 g/mol. The Kier molecular flexibility index (Phi) is 5.26. The van der Waals surface area contributed by atoms with Crippen LogP contribution in [0.5, 0.6) is 5.75 Å². The van der Waals surface area contributed by atoms with Gasteiger partial charge in [-0.05, 0) is 50.9 Å². The summed E-state index contributed by atoms with van der Waals surface area (Å²) in [4.78, 5) is 11.3. The van der Waals surface area contributed by atoms with Crippen LogP contribution in [0.4, 0.5) is 0 Å². The molecule has 2 N–H and O–H groups in total. The fourth-order valence-corrected chi connectivity index (χ4v) is 2.37. The summed E-state index contributed by atoms with van der Waals surface area (Å²) in [5.41, 5.74) is 0.619. The van der Waals surface area contributed by atoms with Crippen molar-refractivity contribution in [2.75, 3.05) is 6.54 Å². The van der Waals surface area contributed by atoms with Gasteiger partial charge in [0.2, 0.25) is 5.91 Å². The molecule has 2 rings (SSSR count). The summed E-state index contributed by atoms with van der Waals surface area (Å²) in [5.74, 6) is -0.232. The number of aromatic hydroxyl groups is 1. The molecule has 0 aliphatic carbocycles. The van der Waals surface area contributed by atoms with E-state index in [2.05, 4.69) is 5.32 Å². The Morgan fingerprint density at radius 1 is 1.32 bits per heavy atom. The van der Waals surface area contributed by atoms with Crippen molar-refractivity contribution in [3.05, 3.63) is 34.8 Å². The first-order chi connectivity index (χ1) is 11.6. The molecule has 132 valence electrons. The molecule has 0 bridgehead atoms. The summed E-state index contributed by atoms with van der Waals surface area (Å²) in [5, 5.41) is 21.5. The van der Waals surface area contributed by atoms with Gasteiger partial charge in [0, 0.05) is 13.5 Å². The molecule has 1 aromatic rings. The number of carbonyl (C=O) groups is 1. The maximum absolute atomic E-state index is 11.3. The Hall–Kier alpha value is -2.30. The summed E-state index contributed by atoms with van der Waals surface area (Å²) >= 11 is 0. The van der Waals surface area contributed by atoms with Gasteiger partial charge in [-0.1, -0.05) is 12.1 Å². The fourth-order valence-electron chi connectivity index (χ4n) is 2.37. The smallest absolute Gasteiger partial charge is 0.492 e. The molecular weight excluding hydrogens is 319 g/mol. The minimum absolute atomic E-state index is 0.0707. The number of benzene rings is 1. The third-order valence-electron chi connectivity index (χ3n) is 4.59. The lowest BCUT2D eigenvalue weighted by Crippen LogP contribution is -2.41. The second-order valence-electron chi connectivity index (χ2n) is 7.11. The van der Waals surface area contributed by atoms with Crippen molar-refractivity contribution in [2.45, 2.75) is 45.8 Å². The van der Waals surface area contributed by atoms with E-state index in [0.29, 0.717) is 5.56 Å². The zero-order chi connectivity index (χ0) is 18.8. The van der Waals surface area contributed by atoms with Crippen LogP contribution in [0.2, 0.25) is 0 Å². The number of nitrogens with zero attached hydrogens (tertiary/aromatic N) is 1. The van der Waals surface area contributed by atoms with Crippen molar-refractivity contribution in [3.63, 3.8) is 0 Å². The summed E-state index contributed by atoms with van der Waals surface area (Å²) in [6, 6.07) is 6.67. The van der Waals surface area contributed by atoms with Gasteiger partial charge in [-0.25, -0.2) is 0 Å². The largest absolute Gasteiger partial charge is 0.507 e. The lowest BCUT2D eigenvalue weighted by Gasteiger charge is -2.32. The van der Waals surface area contributed by atoms with Crippen molar-refractivity contribution in [3.8, 4) is 11.8 Å². The molecule has 1 amide bonds. The average molecular weight is 342 g/mol. The van der Waals surface area contributed by atoms with E-state index in [0.717, 1.165) is 5.47 Å². The molecule has 1 aliphatic rings. The van der Waals surface area contributed by atoms with Crippen LogP contribution in [-0.2, 0) is 14.1 Å². The third-order valence-corrected chi connectivity index (χ3v) is 4.59. The number of amides is 1. The number of phenols is 1. The van der Waals surface area contributed by atoms with Crippen LogP contribution in [-0.4, -0.2) is 35.9 Å². The van der Waals surface area contributed by atoms with E-state index in [1.165, 1.54) is 13.0 Å². The van der Waals surface area contributed by atoms with E-state index in [9.17, 15) is 9.90 Å². The number of rotatable bonds is 4. The number of hydrogen-bond donors (Lipinski definition) is 2. The van der Waals surface area contributed by atoms with E-state index in [4.69, 9.17) is 14.6 Å². The van der Waals surface area contributed by atoms with Crippen LogP contribution < -0.4 is 5.32 Å². The Balaban J connectivity index is 2.37. The van der Waals surface area contributed by atoms with Crippen molar-refractivity contribution >= 4 is 19.1 Å². The van der Waals surface area contributed by atoms with Crippen molar-refractivity contribution in [1.29, 1.82) is 5.26 Å². The fraction of sp³-hybridized carbons (Fsp3) is 0.444. The van der Waals surface area contributed by atoms with Crippen LogP contribution >= 0.6 is 0 Å². The third kappa shape index (κ3) is 4.22. The maximum Gasteiger partial charge on any atom is 0.492 e. The summed E-state index contributed by atoms with van der Waals surface area (Å²) in [6.07, 6.45) is 1.80. The first-order valence-electron chi connectivity index (χ1n) is 8.09. The Morgan fingerprint density at radius 3 is 2.44 bits per heavy atom. The lowest BCUT2D eigenvalue weighted by molar-refractivity contribution is -0.118. The predicted octanol–water partition coefficient (Wildman–Crippen LogP) is 2.41. The summed E-state index contributed by atoms with van der Waals surface area (Å²) in [7, 11) is -0.615. The SMILES string of the molecule is CC(=O)NCC(=Cc1ccc(O)c(C#N)c1)B1OC(C)(C)C(C)(C)O1. The van der Waals surface area contributed by atoms with Crippen LogP contribution in [0.3, 0.4) is 0 Å². The van der Waals surface area contributed by atoms with Gasteiger partial charge < -0.3 is 19.7 Å². The molecule has 1 saturated heterocycles. The first-order valence-corrected chi connectivity index (χ1v) is 8.09. The van der Waals surface area contributed by atoms with Gasteiger partial charge in [-0.2, -0.15) is 5.26 Å². The second kappa shape index (κ2) is 6.91. The molecule has 0 unspecified atom stereocenters. The zero-order valence-corrected chi connectivity index (χ0v) is 15.2. The summed E-state index contributed by atoms with van der Waals surface area (Å²) in [6.45, 7) is 9.52. The van der Waals surface area contributed by atoms with Gasteiger partial charge in [0.1, 0.15) is 11.8 Å². The average Bonchev–Trinajstić information content (AvgIpc) is 2.73. The highest BCUT2D eigenvalue weighted by molar-refractivity contribution is 6.56. The molecule has 1 heterocycles. The Labute approximate surface area is 148 Å². The van der Waals surface area contributed by atoms with Gasteiger partial charge >= 0.3 is 7.12 Å². The molecule has 1 aliphatic heterocycles. The van der Waals surface area contributed by atoms with E-state index in [1.807, 2.05) is 33.8 Å². The van der Waals surface area contributed by atoms with Crippen molar-refractivity contribution < 1.29 is 19.2 Å². The topological polar surface area (TPSA) is 91.6 Å². The molecule has 0 spiro atoms. The molecule has 0 saturated carbocycles. The Morgan fingerprint density at radius 2 is 1.92 bits per heavy atom. The van der Waals surface area contributed by atoms with Gasteiger partial charge in [0.15, 0.2) is 0 Å². The molecule has 1 fully saturated rings. The van der Waals surface area contributed by atoms with Gasteiger partial charge in [-0.15, -0.1) is 0 Å². The number of hydrogen-bond acceptors (Lipinski definition) is 5. The van der Waals surface area contributed by atoms with Crippen LogP contribution in [0, 0.1) is 11.3 Å². The zero-order valence-electron chi connectivity index (χ0n) is 15.2. The number of carbonyl (C=O) groups excluding carboxylic acids is 1. The van der Waals surface area contributed by atoms with E-state index < -0.39 is 18.3 Å². The minimum atomic E-state index is -0.615. The van der Waals surface area contributed by atoms with E-state index in [1.54, 1.807) is 18.2 Å². The highest BCUT2D eigenvalue weighted by Gasteiger charge is 2.52. The van der Waals surface area contributed by atoms with Crippen LogP contribution in [0.1, 0.15) is 45.7 Å². The minimum Gasteiger partial charge on any atom is -0.507 e. The molecular formula is C18H23BN2O4. The quantitative estimate of drug-likeness (QED) is 0.820. The molecule has 1 aromatic carbocycles. The first kappa shape index (κ1) is 19.0. The highest BCUT2D eigenvalue weighted by atomic mass is 16.7. The molecule has 0 aromatic heterocycles. The highest BCUT2D eigenvalue weighted by Crippen LogP contribution is 2.38. The molecule has 25 heavy (non-hydrogen) atoms. The normalized spacial score (nSPS) is 18.7. The molecule has 0 radical (unpaired) electrons.